The van der Waals surface area contributed by atoms with Crippen molar-refractivity contribution in [2.75, 3.05) is 13.1 Å². The number of amides is 1. The topological polar surface area (TPSA) is 65.0 Å². The Morgan fingerprint density at radius 1 is 1.17 bits per heavy atom. The number of carbonyl (C=O) groups is 1. The van der Waals surface area contributed by atoms with Gasteiger partial charge >= 0.3 is 6.09 Å². The van der Waals surface area contributed by atoms with Crippen molar-refractivity contribution >= 4 is 23.2 Å². The fourth-order valence-corrected chi connectivity index (χ4v) is 2.99. The molecule has 1 heterocycles. The summed E-state index contributed by atoms with van der Waals surface area (Å²) in [5.41, 5.74) is 0.327. The van der Waals surface area contributed by atoms with E-state index in [4.69, 9.17) is 4.74 Å². The molecule has 0 aromatic rings. The molecule has 0 N–H and O–H groups in total. The van der Waals surface area contributed by atoms with Gasteiger partial charge in [-0.3, -0.25) is 0 Å². The fraction of sp³-hybridized carbons (Fsp3) is 0.882. The number of nitrogens with zero attached hydrogens (tertiary/aromatic N) is 2. The van der Waals surface area contributed by atoms with E-state index in [0.29, 0.717) is 13.1 Å². The standard InChI is InChI=1S/C17H32N2O3S/c1-13(18-23(21)16(5,6)7)17(8)9-11-19(12-10-17)14(20)22-15(2,3)4/h9-12H2,1-8H3/b18-13+. The summed E-state index contributed by atoms with van der Waals surface area (Å²) < 4.78 is 21.7. The molecule has 0 aliphatic carbocycles. The summed E-state index contributed by atoms with van der Waals surface area (Å²) in [5.74, 6) is 0. The molecule has 1 amide bonds. The first-order chi connectivity index (χ1) is 10.2. The zero-order valence-electron chi connectivity index (χ0n) is 15.9. The Hall–Kier alpha value is -0.750. The summed E-state index contributed by atoms with van der Waals surface area (Å²) in [5, 5.41) is 0. The summed E-state index contributed by atoms with van der Waals surface area (Å²) >= 11 is -1.24. The second-order valence-corrected chi connectivity index (χ2v) is 10.5. The molecule has 0 aromatic heterocycles. The molecular formula is C17H32N2O3S. The van der Waals surface area contributed by atoms with E-state index in [0.717, 1.165) is 18.6 Å². The van der Waals surface area contributed by atoms with Crippen LogP contribution < -0.4 is 0 Å². The Balaban J connectivity index is 2.70. The maximum Gasteiger partial charge on any atom is 0.410 e. The maximum absolute atomic E-state index is 12.2. The molecule has 134 valence electrons. The van der Waals surface area contributed by atoms with Gasteiger partial charge in [-0.25, -0.2) is 4.79 Å². The zero-order valence-corrected chi connectivity index (χ0v) is 16.7. The van der Waals surface area contributed by atoms with E-state index >= 15 is 0 Å². The van der Waals surface area contributed by atoms with Crippen molar-refractivity contribution in [1.82, 2.24) is 4.90 Å². The molecule has 0 spiro atoms. The molecule has 1 aliphatic rings. The molecule has 5 nitrogen and oxygen atoms in total. The first kappa shape index (κ1) is 20.3. The van der Waals surface area contributed by atoms with Crippen molar-refractivity contribution in [2.45, 2.75) is 78.6 Å². The lowest BCUT2D eigenvalue weighted by molar-refractivity contribution is 0.0165. The molecule has 0 radical (unpaired) electrons. The van der Waals surface area contributed by atoms with E-state index in [9.17, 15) is 9.35 Å². The minimum absolute atomic E-state index is 0.112. The van der Waals surface area contributed by atoms with Crippen LogP contribution in [0.25, 0.3) is 0 Å². The largest absolute Gasteiger partial charge is 0.591 e. The predicted octanol–water partition coefficient (Wildman–Crippen LogP) is 3.95. The van der Waals surface area contributed by atoms with Gasteiger partial charge in [0.1, 0.15) is 21.7 Å². The molecule has 6 heteroatoms. The lowest BCUT2D eigenvalue weighted by Crippen LogP contribution is -2.46. The van der Waals surface area contributed by atoms with Crippen molar-refractivity contribution < 1.29 is 14.1 Å². The van der Waals surface area contributed by atoms with Gasteiger partial charge in [0.05, 0.1) is 5.71 Å². The molecular weight excluding hydrogens is 312 g/mol. The van der Waals surface area contributed by atoms with Crippen LogP contribution >= 0.6 is 0 Å². The molecule has 23 heavy (non-hydrogen) atoms. The minimum atomic E-state index is -1.24. The van der Waals surface area contributed by atoms with Gasteiger partial charge in [0.25, 0.3) is 0 Å². The van der Waals surface area contributed by atoms with E-state index in [-0.39, 0.29) is 16.3 Å². The van der Waals surface area contributed by atoms with Crippen molar-refractivity contribution in [3.63, 3.8) is 0 Å². The van der Waals surface area contributed by atoms with Gasteiger partial charge in [0.15, 0.2) is 0 Å². The van der Waals surface area contributed by atoms with Crippen LogP contribution in [0.5, 0.6) is 0 Å². The van der Waals surface area contributed by atoms with Crippen LogP contribution in [0.3, 0.4) is 0 Å². The average molecular weight is 345 g/mol. The number of rotatable bonds is 2. The van der Waals surface area contributed by atoms with E-state index in [1.54, 1.807) is 4.90 Å². The van der Waals surface area contributed by atoms with Crippen molar-refractivity contribution in [2.24, 2.45) is 9.81 Å². The van der Waals surface area contributed by atoms with Gasteiger partial charge in [0.2, 0.25) is 0 Å². The number of piperidine rings is 1. The first-order valence-electron chi connectivity index (χ1n) is 8.20. The molecule has 1 aliphatic heterocycles. The van der Waals surface area contributed by atoms with Gasteiger partial charge in [-0.1, -0.05) is 11.3 Å². The average Bonchev–Trinajstić information content (AvgIpc) is 2.36. The van der Waals surface area contributed by atoms with E-state index in [1.807, 2.05) is 48.5 Å². The number of likely N-dealkylation sites (tertiary alicyclic amines) is 1. The Kier molecular flexibility index (Phi) is 6.19. The summed E-state index contributed by atoms with van der Waals surface area (Å²) in [7, 11) is 0. The highest BCUT2D eigenvalue weighted by atomic mass is 32.2. The molecule has 1 saturated heterocycles. The van der Waals surface area contributed by atoms with Gasteiger partial charge in [0, 0.05) is 18.5 Å². The highest BCUT2D eigenvalue weighted by molar-refractivity contribution is 7.91. The van der Waals surface area contributed by atoms with Crippen LogP contribution in [-0.2, 0) is 16.1 Å². The summed E-state index contributed by atoms with van der Waals surface area (Å²) in [6.07, 6.45) is 1.36. The highest BCUT2D eigenvalue weighted by Gasteiger charge is 2.38. The summed E-state index contributed by atoms with van der Waals surface area (Å²) in [6, 6.07) is 0. The summed E-state index contributed by atoms with van der Waals surface area (Å²) in [6.45, 7) is 16.8. The number of carbonyl (C=O) groups excluding carboxylic acids is 1. The second kappa shape index (κ2) is 7.01. The van der Waals surface area contributed by atoms with Crippen LogP contribution in [0.1, 0.15) is 68.2 Å². The highest BCUT2D eigenvalue weighted by Crippen LogP contribution is 2.34. The van der Waals surface area contributed by atoms with E-state index in [1.165, 1.54) is 0 Å². The SMILES string of the molecule is C/C(=N\[S+]([O-])C(C)(C)C)C1(C)CCN(C(=O)OC(C)(C)C)CC1. The lowest BCUT2D eigenvalue weighted by Gasteiger charge is -2.39. The van der Waals surface area contributed by atoms with Crippen LogP contribution in [0.2, 0.25) is 0 Å². The molecule has 0 aromatic carbocycles. The second-order valence-electron chi connectivity index (χ2n) is 8.57. The Morgan fingerprint density at radius 3 is 2.04 bits per heavy atom. The Morgan fingerprint density at radius 2 is 1.65 bits per heavy atom. The third-order valence-corrected chi connectivity index (χ3v) is 5.62. The predicted molar refractivity (Wildman–Crippen MR) is 96.2 cm³/mol. The maximum atomic E-state index is 12.2. The van der Waals surface area contributed by atoms with Crippen LogP contribution in [0, 0.1) is 5.41 Å². The first-order valence-corrected chi connectivity index (χ1v) is 9.31. The monoisotopic (exact) mass is 344 g/mol. The van der Waals surface area contributed by atoms with Crippen molar-refractivity contribution in [3.8, 4) is 0 Å². The Bertz CT molecular complexity index is 455. The fourth-order valence-electron chi connectivity index (χ4n) is 2.24. The zero-order chi connectivity index (χ0) is 18.1. The van der Waals surface area contributed by atoms with Gasteiger partial charge in [-0.15, -0.1) is 0 Å². The third-order valence-electron chi connectivity index (χ3n) is 4.14. The molecule has 1 unspecified atom stereocenters. The van der Waals surface area contributed by atoms with Crippen LogP contribution in [0.15, 0.2) is 4.40 Å². The quantitative estimate of drug-likeness (QED) is 0.563. The van der Waals surface area contributed by atoms with Gasteiger partial charge in [-0.05, 0) is 61.3 Å². The minimum Gasteiger partial charge on any atom is -0.591 e. The molecule has 1 rings (SSSR count). The lowest BCUT2D eigenvalue weighted by atomic mass is 9.77. The van der Waals surface area contributed by atoms with Gasteiger partial charge in [-0.2, -0.15) is 0 Å². The van der Waals surface area contributed by atoms with Gasteiger partial charge < -0.3 is 14.2 Å². The van der Waals surface area contributed by atoms with Crippen molar-refractivity contribution in [1.29, 1.82) is 0 Å². The van der Waals surface area contributed by atoms with E-state index in [2.05, 4.69) is 11.3 Å². The summed E-state index contributed by atoms with van der Waals surface area (Å²) in [4.78, 5) is 13.9. The smallest absolute Gasteiger partial charge is 0.410 e. The normalized spacial score (nSPS) is 21.1. The number of hydrogen-bond acceptors (Lipinski definition) is 4. The Labute approximate surface area is 144 Å². The molecule has 1 atom stereocenters. The number of ether oxygens (including phenoxy) is 1. The number of hydrogen-bond donors (Lipinski definition) is 0. The van der Waals surface area contributed by atoms with Crippen LogP contribution in [-0.4, -0.2) is 44.7 Å². The molecule has 0 bridgehead atoms. The molecule has 1 fully saturated rings. The van der Waals surface area contributed by atoms with Crippen molar-refractivity contribution in [3.05, 3.63) is 0 Å². The van der Waals surface area contributed by atoms with Crippen LogP contribution in [0.4, 0.5) is 4.79 Å². The van der Waals surface area contributed by atoms with E-state index < -0.39 is 17.0 Å². The molecule has 0 saturated carbocycles. The third kappa shape index (κ3) is 5.99.